The first-order chi connectivity index (χ1) is 9.18. The summed E-state index contributed by atoms with van der Waals surface area (Å²) in [7, 11) is -1.27. The van der Waals surface area contributed by atoms with Gasteiger partial charge in [0.2, 0.25) is 0 Å². The van der Waals surface area contributed by atoms with E-state index in [9.17, 15) is 10.1 Å². The van der Waals surface area contributed by atoms with Crippen LogP contribution in [0.3, 0.4) is 0 Å². The molecule has 3 fully saturated rings. The average molecular weight is 302 g/mol. The molecule has 0 aromatic rings. The zero-order valence-electron chi connectivity index (χ0n) is 12.1. The molecule has 3 rings (SSSR count). The Morgan fingerprint density at radius 2 is 2.20 bits per heavy atom. The summed E-state index contributed by atoms with van der Waals surface area (Å²) in [4.78, 5) is 2.61. The summed E-state index contributed by atoms with van der Waals surface area (Å²) >= 11 is 5.97. The van der Waals surface area contributed by atoms with Crippen molar-refractivity contribution in [1.82, 2.24) is 0 Å². The Morgan fingerprint density at radius 1 is 1.55 bits per heavy atom. The second kappa shape index (κ2) is 5.07. The average Bonchev–Trinajstić information content (AvgIpc) is 2.37. The molecule has 6 nitrogen and oxygen atoms in total. The molecular formula is C12H21BClN3O3. The number of hydrogen-bond donors (Lipinski definition) is 2. The summed E-state index contributed by atoms with van der Waals surface area (Å²) in [5, 5.41) is 23.3. The fourth-order valence-corrected chi connectivity index (χ4v) is 4.02. The van der Waals surface area contributed by atoms with Gasteiger partial charge in [0.1, 0.15) is 0 Å². The Labute approximate surface area is 124 Å². The summed E-state index contributed by atoms with van der Waals surface area (Å²) in [6.45, 7) is 5.81. The van der Waals surface area contributed by atoms with Crippen LogP contribution < -0.4 is 0 Å². The van der Waals surface area contributed by atoms with Gasteiger partial charge in [0, 0.05) is 11.5 Å². The lowest BCUT2D eigenvalue weighted by molar-refractivity contribution is -0.304. The second-order valence-electron chi connectivity index (χ2n) is 6.70. The molecule has 0 radical (unpaired) electrons. The highest BCUT2D eigenvalue weighted by Gasteiger charge is 2.71. The van der Waals surface area contributed by atoms with Crippen molar-refractivity contribution in [3.05, 3.63) is 10.4 Å². The molecule has 0 aromatic heterocycles. The van der Waals surface area contributed by atoms with Gasteiger partial charge in [-0.3, -0.25) is 0 Å². The minimum Gasteiger partial charge on any atom is -0.426 e. The van der Waals surface area contributed by atoms with Crippen LogP contribution in [0.25, 0.3) is 10.4 Å². The third-order valence-corrected chi connectivity index (χ3v) is 5.75. The van der Waals surface area contributed by atoms with Crippen molar-refractivity contribution in [2.75, 3.05) is 6.54 Å². The molecule has 20 heavy (non-hydrogen) atoms. The highest BCUT2D eigenvalue weighted by atomic mass is 35.5. The minimum atomic E-state index is -1.27. The summed E-state index contributed by atoms with van der Waals surface area (Å²) in [5.41, 5.74) is 6.26. The van der Waals surface area contributed by atoms with Crippen LogP contribution in [0.15, 0.2) is 5.11 Å². The van der Waals surface area contributed by atoms with E-state index in [1.165, 1.54) is 0 Å². The van der Waals surface area contributed by atoms with Crippen molar-refractivity contribution in [2.24, 2.45) is 16.4 Å². The van der Waals surface area contributed by atoms with Crippen molar-refractivity contribution in [3.63, 3.8) is 0 Å². The summed E-state index contributed by atoms with van der Waals surface area (Å²) in [6, 6.07) is 0. The minimum absolute atomic E-state index is 0.0543. The molecular weight excluding hydrogens is 280 g/mol. The summed E-state index contributed by atoms with van der Waals surface area (Å²) in [5.74, 6) is 0.487. The van der Waals surface area contributed by atoms with Gasteiger partial charge in [-0.1, -0.05) is 19.0 Å². The second-order valence-corrected chi connectivity index (χ2v) is 7.26. The van der Waals surface area contributed by atoms with Gasteiger partial charge in [0.15, 0.2) is 0 Å². The van der Waals surface area contributed by atoms with E-state index in [1.54, 1.807) is 6.92 Å². The highest BCUT2D eigenvalue weighted by molar-refractivity contribution is 6.58. The maximum Gasteiger partial charge on any atom is 0.473 e. The fraction of sp³-hybridized carbons (Fsp3) is 1.00. The Hall–Kier alpha value is -0.455. The smallest absolute Gasteiger partial charge is 0.426 e. The molecule has 8 heteroatoms. The van der Waals surface area contributed by atoms with Gasteiger partial charge in [0.25, 0.3) is 0 Å². The van der Waals surface area contributed by atoms with E-state index in [2.05, 4.69) is 23.9 Å². The Kier molecular flexibility index (Phi) is 4.04. The predicted octanol–water partition coefficient (Wildman–Crippen LogP) is 2.27. The van der Waals surface area contributed by atoms with E-state index in [0.717, 1.165) is 12.8 Å². The highest BCUT2D eigenvalue weighted by Crippen LogP contribution is 2.67. The number of azide groups is 1. The molecule has 0 aromatic carbocycles. The number of hydrogen-bond acceptors (Lipinski definition) is 4. The monoisotopic (exact) mass is 301 g/mol. The lowest BCUT2D eigenvalue weighted by atomic mass is 9.40. The van der Waals surface area contributed by atoms with Gasteiger partial charge in [-0.2, -0.15) is 0 Å². The van der Waals surface area contributed by atoms with Crippen LogP contribution in [0.1, 0.15) is 40.0 Å². The quantitative estimate of drug-likeness (QED) is 0.268. The SMILES string of the molecule is CC1(O)CCC2CC1(OB(O)C(Cl)CN=[N+]=[N-])C2(C)C. The predicted molar refractivity (Wildman–Crippen MR) is 77.2 cm³/mol. The van der Waals surface area contributed by atoms with E-state index in [4.69, 9.17) is 21.8 Å². The van der Waals surface area contributed by atoms with Gasteiger partial charge in [-0.25, -0.2) is 0 Å². The molecule has 4 atom stereocenters. The van der Waals surface area contributed by atoms with Crippen LogP contribution in [0.4, 0.5) is 0 Å². The Morgan fingerprint density at radius 3 is 2.70 bits per heavy atom. The third kappa shape index (κ3) is 2.12. The molecule has 2 bridgehead atoms. The first kappa shape index (κ1) is 15.9. The normalized spacial score (nSPS) is 39.4. The molecule has 0 amide bonds. The van der Waals surface area contributed by atoms with Crippen LogP contribution in [0.2, 0.25) is 0 Å². The van der Waals surface area contributed by atoms with Crippen LogP contribution in [-0.2, 0) is 4.65 Å². The van der Waals surface area contributed by atoms with E-state index in [-0.39, 0.29) is 12.0 Å². The molecule has 0 spiro atoms. The number of rotatable bonds is 5. The van der Waals surface area contributed by atoms with Crippen molar-refractivity contribution < 1.29 is 14.8 Å². The standard InChI is InChI=1S/C12H21BClN3O3/c1-10(2)8-4-5-11(3,18)12(10,6-8)20-13(19)9(14)7-16-17-15/h8-9,18-19H,4-7H2,1-3H3. The van der Waals surface area contributed by atoms with Gasteiger partial charge in [-0.05, 0) is 43.1 Å². The molecule has 3 aliphatic carbocycles. The lowest BCUT2D eigenvalue weighted by Gasteiger charge is -2.71. The molecule has 0 saturated heterocycles. The molecule has 2 N–H and O–H groups in total. The first-order valence-electron chi connectivity index (χ1n) is 6.91. The molecule has 4 unspecified atom stereocenters. The lowest BCUT2D eigenvalue weighted by Crippen LogP contribution is -2.77. The first-order valence-corrected chi connectivity index (χ1v) is 7.35. The maximum absolute atomic E-state index is 10.7. The summed E-state index contributed by atoms with van der Waals surface area (Å²) in [6.07, 6.45) is 2.33. The van der Waals surface area contributed by atoms with Crippen LogP contribution in [-0.4, -0.2) is 40.3 Å². The Balaban J connectivity index is 2.15. The Bertz CT molecular complexity index is 432. The topological polar surface area (TPSA) is 98.5 Å². The maximum atomic E-state index is 10.7. The van der Waals surface area contributed by atoms with Crippen LogP contribution in [0.5, 0.6) is 0 Å². The van der Waals surface area contributed by atoms with E-state index >= 15 is 0 Å². The van der Waals surface area contributed by atoms with Crippen LogP contribution in [0, 0.1) is 11.3 Å². The van der Waals surface area contributed by atoms with Crippen LogP contribution >= 0.6 is 11.6 Å². The van der Waals surface area contributed by atoms with Crippen molar-refractivity contribution >= 4 is 18.7 Å². The van der Waals surface area contributed by atoms with Gasteiger partial charge < -0.3 is 14.8 Å². The molecule has 3 aliphatic rings. The van der Waals surface area contributed by atoms with Crippen molar-refractivity contribution in [3.8, 4) is 0 Å². The van der Waals surface area contributed by atoms with E-state index in [1.807, 2.05) is 0 Å². The van der Waals surface area contributed by atoms with Crippen molar-refractivity contribution in [2.45, 2.75) is 56.5 Å². The number of nitrogens with zero attached hydrogens (tertiary/aromatic N) is 3. The largest absolute Gasteiger partial charge is 0.473 e. The van der Waals surface area contributed by atoms with E-state index in [0.29, 0.717) is 12.3 Å². The van der Waals surface area contributed by atoms with Gasteiger partial charge in [-0.15, -0.1) is 11.6 Å². The van der Waals surface area contributed by atoms with Crippen molar-refractivity contribution in [1.29, 1.82) is 0 Å². The van der Waals surface area contributed by atoms with Gasteiger partial charge in [0.05, 0.1) is 16.5 Å². The number of alkyl halides is 1. The number of halogens is 1. The zero-order valence-corrected chi connectivity index (χ0v) is 12.8. The molecule has 3 saturated carbocycles. The third-order valence-electron chi connectivity index (χ3n) is 5.40. The number of aliphatic hydroxyl groups is 1. The molecule has 0 aliphatic heterocycles. The molecule has 0 heterocycles. The zero-order chi connectivity index (χ0) is 15.2. The van der Waals surface area contributed by atoms with Gasteiger partial charge >= 0.3 is 7.12 Å². The fourth-order valence-electron chi connectivity index (χ4n) is 3.91. The molecule has 112 valence electrons. The summed E-state index contributed by atoms with van der Waals surface area (Å²) < 4.78 is 5.82. The number of fused-ring (bicyclic) bond motifs is 2. The van der Waals surface area contributed by atoms with E-state index < -0.39 is 23.6 Å².